The lowest BCUT2D eigenvalue weighted by molar-refractivity contribution is -0.139. The van der Waals surface area contributed by atoms with E-state index in [1.165, 1.54) is 11.3 Å². The maximum Gasteiger partial charge on any atom is 0.417 e. The topological polar surface area (TPSA) is 83.6 Å². The molecule has 0 aliphatic heterocycles. The third kappa shape index (κ3) is 10.5. The van der Waals surface area contributed by atoms with Crippen molar-refractivity contribution in [2.45, 2.75) is 67.7 Å². The van der Waals surface area contributed by atoms with E-state index in [9.17, 15) is 22.8 Å². The Morgan fingerprint density at radius 2 is 1.00 bits per heavy atom. The van der Waals surface area contributed by atoms with Crippen LogP contribution < -0.4 is 0 Å². The molecule has 0 N–H and O–H groups in total. The van der Waals surface area contributed by atoms with Crippen LogP contribution in [0.5, 0.6) is 0 Å². The summed E-state index contributed by atoms with van der Waals surface area (Å²) in [6.07, 6.45) is -3.63. The summed E-state index contributed by atoms with van der Waals surface area (Å²) in [5, 5.41) is 19.0. The number of hydrogen-bond acceptors (Lipinski definition) is 7. The zero-order valence-corrected chi connectivity index (χ0v) is 39.3. The van der Waals surface area contributed by atoms with Gasteiger partial charge in [-0.05, 0) is 139 Å². The van der Waals surface area contributed by atoms with Crippen LogP contribution in [0.3, 0.4) is 0 Å². The first-order chi connectivity index (χ1) is 29.3. The second kappa shape index (κ2) is 17.8. The molecule has 2 aliphatic rings. The third-order valence-corrected chi connectivity index (χ3v) is 12.3. The Labute approximate surface area is 382 Å². The monoisotopic (exact) mass is 1010 g/mol. The number of halogens is 8. The molecule has 0 amide bonds. The molecule has 0 radical (unpaired) electrons. The van der Waals surface area contributed by atoms with Gasteiger partial charge in [-0.2, -0.15) is 26.3 Å². The fraction of sp³-hybridized carbons (Fsp3) is 0.250. The first-order valence-corrected chi connectivity index (χ1v) is 21.9. The third-order valence-electron chi connectivity index (χ3n) is 10.1. The Balaban J connectivity index is 1.50. The molecule has 6 rings (SSSR count). The first-order valence-electron chi connectivity index (χ1n) is 19.4. The fourth-order valence-electron chi connectivity index (χ4n) is 6.88. The minimum absolute atomic E-state index is 0.0645. The molecule has 15 heteroatoms. The summed E-state index contributed by atoms with van der Waals surface area (Å²) >= 11 is 7.83. The van der Waals surface area contributed by atoms with Gasteiger partial charge in [0.2, 0.25) is 0 Å². The van der Waals surface area contributed by atoms with Crippen LogP contribution in [0.15, 0.2) is 159 Å². The van der Waals surface area contributed by atoms with Crippen LogP contribution in [0, 0.1) is 10.8 Å². The van der Waals surface area contributed by atoms with E-state index in [2.05, 4.69) is 52.3 Å². The Morgan fingerprint density at radius 1 is 0.571 bits per heavy atom. The van der Waals surface area contributed by atoms with Gasteiger partial charge in [-0.15, -0.1) is 31.8 Å². The molecule has 63 heavy (non-hydrogen) atoms. The zero-order chi connectivity index (χ0) is 46.4. The highest BCUT2D eigenvalue weighted by atomic mass is 79.9. The number of allylic oxidation sites excluding steroid dienone is 10. The highest BCUT2D eigenvalue weighted by Gasteiger charge is 2.40. The fourth-order valence-corrected chi connectivity index (χ4v) is 8.45. The number of alkyl halides is 6. The van der Waals surface area contributed by atoms with Crippen LogP contribution in [0.25, 0.3) is 22.5 Å². The van der Waals surface area contributed by atoms with Crippen molar-refractivity contribution in [3.05, 3.63) is 160 Å². The molecule has 0 atom stereocenters. The van der Waals surface area contributed by atoms with Crippen LogP contribution in [0.2, 0.25) is 0 Å². The standard InChI is InChI=1S/C48H40Br2F6N4O2S/c1-25-17-28(19-34(43(25)61)45(3,4)5)41(27-13-10-9-11-14-27)59-57-38-23-32(47(51,52)53)30(21-36(38)49)31-22-37(50)39(24-33(31)48(54,55)56)58-60-42(40-15-12-16-63-40)29-18-26(2)44(62)35(20-29)46(6,7)8/h9-24H,1-8H3/b41-28+,42-29+,59-57?,60-58?. The molecule has 0 saturated heterocycles. The van der Waals surface area contributed by atoms with Crippen molar-refractivity contribution in [2.75, 3.05) is 0 Å². The van der Waals surface area contributed by atoms with Crippen LogP contribution >= 0.6 is 43.2 Å². The van der Waals surface area contributed by atoms with Crippen molar-refractivity contribution in [2.24, 2.45) is 31.3 Å². The van der Waals surface area contributed by atoms with E-state index < -0.39 is 45.4 Å². The summed E-state index contributed by atoms with van der Waals surface area (Å²) in [4.78, 5) is 26.8. The summed E-state index contributed by atoms with van der Waals surface area (Å²) in [5.41, 5.74) is -2.00. The molecule has 1 aromatic heterocycles. The lowest BCUT2D eigenvalue weighted by Gasteiger charge is -2.25. The predicted octanol–water partition coefficient (Wildman–Crippen LogP) is 17.0. The van der Waals surface area contributed by atoms with Crippen LogP contribution in [-0.2, 0) is 21.9 Å². The van der Waals surface area contributed by atoms with Crippen LogP contribution in [0.1, 0.15) is 77.0 Å². The van der Waals surface area contributed by atoms with Crippen LogP contribution in [-0.4, -0.2) is 11.6 Å². The number of rotatable bonds is 7. The first kappa shape index (κ1) is 47.4. The van der Waals surface area contributed by atoms with Gasteiger partial charge >= 0.3 is 12.4 Å². The van der Waals surface area contributed by atoms with Gasteiger partial charge in [-0.25, -0.2) is 0 Å². The Bertz CT molecular complexity index is 2780. The molecule has 0 bridgehead atoms. The summed E-state index contributed by atoms with van der Waals surface area (Å²) in [5.74, 6) is -0.294. The van der Waals surface area contributed by atoms with Crippen molar-refractivity contribution in [1.29, 1.82) is 0 Å². The number of thiophene rings is 1. The number of Topliss-reactive ketones (excluding diaryl/α,β-unsaturated/α-hetero) is 2. The summed E-state index contributed by atoms with van der Waals surface area (Å²) < 4.78 is 89.9. The second-order valence-electron chi connectivity index (χ2n) is 17.0. The molecule has 2 aliphatic carbocycles. The number of hydrogen-bond donors (Lipinski definition) is 0. The molecule has 4 aromatic rings. The van der Waals surface area contributed by atoms with Crippen molar-refractivity contribution in [3.63, 3.8) is 0 Å². The van der Waals surface area contributed by atoms with Gasteiger partial charge in [0.05, 0.1) is 16.0 Å². The zero-order valence-electron chi connectivity index (χ0n) is 35.3. The molecule has 3 aromatic carbocycles. The van der Waals surface area contributed by atoms with E-state index in [0.29, 0.717) is 56.0 Å². The van der Waals surface area contributed by atoms with Gasteiger partial charge in [-0.3, -0.25) is 9.59 Å². The quantitative estimate of drug-likeness (QED) is 0.136. The van der Waals surface area contributed by atoms with E-state index >= 15 is 13.2 Å². The normalized spacial score (nSPS) is 17.3. The molecule has 0 unspecified atom stereocenters. The van der Waals surface area contributed by atoms with E-state index in [-0.39, 0.29) is 43.3 Å². The lowest BCUT2D eigenvalue weighted by atomic mass is 9.78. The van der Waals surface area contributed by atoms with Gasteiger partial charge in [0, 0.05) is 36.8 Å². The number of benzene rings is 3. The Morgan fingerprint density at radius 3 is 1.40 bits per heavy atom. The van der Waals surface area contributed by atoms with Gasteiger partial charge < -0.3 is 0 Å². The minimum Gasteiger partial charge on any atom is -0.289 e. The smallest absolute Gasteiger partial charge is 0.289 e. The molecule has 1 heterocycles. The highest BCUT2D eigenvalue weighted by molar-refractivity contribution is 9.11. The van der Waals surface area contributed by atoms with Crippen molar-refractivity contribution >= 4 is 77.5 Å². The van der Waals surface area contributed by atoms with E-state index in [1.54, 1.807) is 86.0 Å². The summed E-state index contributed by atoms with van der Waals surface area (Å²) in [7, 11) is 0. The number of azo groups is 2. The maximum absolute atomic E-state index is 15.0. The number of carbonyl (C=O) groups is 2. The molecule has 0 fully saturated rings. The largest absolute Gasteiger partial charge is 0.417 e. The lowest BCUT2D eigenvalue weighted by Crippen LogP contribution is -2.21. The SMILES string of the molecule is CC1=C/C(=C(\N=Nc2cc(C(F)(F)F)c(-c3cc(Br)c(N=N/C(=C4\C=C(C)C(=O)C(C(C)(C)C)=C4)c4cccs4)cc3C(F)(F)F)cc2Br)c2ccccc2)C=C(C(C)(C)C)C1=O. The van der Waals surface area contributed by atoms with E-state index in [0.717, 1.165) is 12.1 Å². The number of ketones is 2. The van der Waals surface area contributed by atoms with Gasteiger partial charge in [0.1, 0.15) is 22.8 Å². The van der Waals surface area contributed by atoms with Crippen molar-refractivity contribution in [3.8, 4) is 11.1 Å². The van der Waals surface area contributed by atoms with Gasteiger partial charge in [-0.1, -0.05) is 77.9 Å². The molecule has 6 nitrogen and oxygen atoms in total. The maximum atomic E-state index is 15.0. The molecular weight excluding hydrogens is 970 g/mol. The summed E-state index contributed by atoms with van der Waals surface area (Å²) in [6.45, 7) is 14.6. The molecule has 0 saturated carbocycles. The van der Waals surface area contributed by atoms with E-state index in [4.69, 9.17) is 0 Å². The number of carbonyl (C=O) groups excluding carboxylic acids is 2. The predicted molar refractivity (Wildman–Crippen MR) is 244 cm³/mol. The Kier molecular flexibility index (Phi) is 13.4. The average Bonchev–Trinajstić information content (AvgIpc) is 3.72. The minimum atomic E-state index is -5.14. The second-order valence-corrected chi connectivity index (χ2v) is 19.6. The molecular formula is C48H40Br2F6N4O2S. The van der Waals surface area contributed by atoms with Crippen molar-refractivity contribution < 1.29 is 35.9 Å². The van der Waals surface area contributed by atoms with Crippen molar-refractivity contribution in [1.82, 2.24) is 0 Å². The van der Waals surface area contributed by atoms with Crippen LogP contribution in [0.4, 0.5) is 37.7 Å². The molecule has 0 spiro atoms. The van der Waals surface area contributed by atoms with Gasteiger partial charge in [0.25, 0.3) is 0 Å². The van der Waals surface area contributed by atoms with Gasteiger partial charge in [0.15, 0.2) is 11.6 Å². The average molecular weight is 1010 g/mol. The van der Waals surface area contributed by atoms with E-state index in [1.807, 2.05) is 41.5 Å². The summed E-state index contributed by atoms with van der Waals surface area (Å²) in [6, 6.07) is 15.4. The molecule has 326 valence electrons. The highest BCUT2D eigenvalue weighted by Crippen LogP contribution is 2.49. The number of nitrogens with zero attached hydrogens (tertiary/aromatic N) is 4. The Hall–Kier alpha value is -5.12.